The van der Waals surface area contributed by atoms with E-state index in [1.165, 1.54) is 6.92 Å². The number of anilines is 1. The molecule has 0 spiro atoms. The molecule has 2 aromatic rings. The number of aryl methyl sites for hydroxylation is 1. The molecule has 0 aliphatic rings. The number of hydrogen-bond acceptors (Lipinski definition) is 4. The Kier molecular flexibility index (Phi) is 6.85. The van der Waals surface area contributed by atoms with Crippen LogP contribution in [-0.2, 0) is 15.6 Å². The Labute approximate surface area is 183 Å². The van der Waals surface area contributed by atoms with Crippen LogP contribution in [-0.4, -0.2) is 38.6 Å². The van der Waals surface area contributed by atoms with Gasteiger partial charge >= 0.3 is 18.5 Å². The molecule has 1 heterocycles. The minimum Gasteiger partial charge on any atom is -0.369 e. The van der Waals surface area contributed by atoms with E-state index in [1.807, 2.05) is 0 Å². The molecular formula is C16H11ClF9NO3S2. The lowest BCUT2D eigenvalue weighted by Crippen LogP contribution is -2.53. The van der Waals surface area contributed by atoms with Crippen LogP contribution in [0.4, 0.5) is 45.2 Å². The van der Waals surface area contributed by atoms with E-state index in [4.69, 9.17) is 11.6 Å². The average Bonchev–Trinajstić information content (AvgIpc) is 2.95. The molecule has 0 aliphatic carbocycles. The van der Waals surface area contributed by atoms with Crippen LogP contribution in [0.5, 0.6) is 0 Å². The molecule has 0 saturated heterocycles. The van der Waals surface area contributed by atoms with E-state index in [9.17, 15) is 53.0 Å². The topological polar surface area (TPSA) is 57.6 Å². The van der Waals surface area contributed by atoms with Gasteiger partial charge in [0.05, 0.1) is 10.0 Å². The van der Waals surface area contributed by atoms with Gasteiger partial charge in [0, 0.05) is 10.4 Å². The van der Waals surface area contributed by atoms with Crippen molar-refractivity contribution >= 4 is 38.6 Å². The second kappa shape index (κ2) is 8.25. The summed E-state index contributed by atoms with van der Waals surface area (Å²) in [7, 11) is -4.97. The largest absolute Gasteiger partial charge is 0.430 e. The Balaban J connectivity index is 2.64. The Hall–Kier alpha value is -1.71. The van der Waals surface area contributed by atoms with E-state index in [0.717, 1.165) is 17.4 Å². The predicted molar refractivity (Wildman–Crippen MR) is 97.1 cm³/mol. The number of alkyl halides is 9. The quantitative estimate of drug-likeness (QED) is 0.494. The Bertz CT molecular complexity index is 1060. The third-order valence-corrected chi connectivity index (χ3v) is 7.34. The molecule has 1 aromatic carbocycles. The highest BCUT2D eigenvalue weighted by Crippen LogP contribution is 2.50. The molecule has 0 amide bonds. The fraction of sp³-hybridized carbons (Fsp3) is 0.375. The van der Waals surface area contributed by atoms with E-state index >= 15 is 0 Å². The van der Waals surface area contributed by atoms with E-state index in [1.54, 1.807) is 0 Å². The van der Waals surface area contributed by atoms with Crippen molar-refractivity contribution in [3.8, 4) is 0 Å². The number of hydrogen-bond donors (Lipinski definition) is 1. The highest BCUT2D eigenvalue weighted by Gasteiger charge is 2.71. The van der Waals surface area contributed by atoms with Gasteiger partial charge in [0.2, 0.25) is 0 Å². The molecule has 0 atom stereocenters. The molecule has 0 radical (unpaired) electrons. The molecule has 0 unspecified atom stereocenters. The van der Waals surface area contributed by atoms with Crippen LogP contribution in [0.25, 0.3) is 0 Å². The van der Waals surface area contributed by atoms with Crippen LogP contribution in [0.2, 0.25) is 4.34 Å². The van der Waals surface area contributed by atoms with Gasteiger partial charge in [0.1, 0.15) is 11.4 Å². The predicted octanol–water partition coefficient (Wildman–Crippen LogP) is 5.78. The fourth-order valence-corrected chi connectivity index (χ4v) is 5.89. The maximum Gasteiger partial charge on any atom is 0.430 e. The molecule has 0 bridgehead atoms. The van der Waals surface area contributed by atoms with Crippen molar-refractivity contribution in [3.63, 3.8) is 0 Å². The summed E-state index contributed by atoms with van der Waals surface area (Å²) in [5.41, 5.74) is -7.98. The molecule has 0 fully saturated rings. The van der Waals surface area contributed by atoms with Crippen molar-refractivity contribution in [1.29, 1.82) is 0 Å². The summed E-state index contributed by atoms with van der Waals surface area (Å²) < 4.78 is 142. The first kappa shape index (κ1) is 26.5. The van der Waals surface area contributed by atoms with Gasteiger partial charge in [0.25, 0.3) is 15.6 Å². The van der Waals surface area contributed by atoms with Crippen LogP contribution in [0.15, 0.2) is 35.2 Å². The summed E-state index contributed by atoms with van der Waals surface area (Å²) >= 11 is 6.42. The first-order chi connectivity index (χ1) is 14.2. The van der Waals surface area contributed by atoms with Gasteiger partial charge in [-0.25, -0.2) is 8.42 Å². The summed E-state index contributed by atoms with van der Waals surface area (Å²) in [6.07, 6.45) is -17.6. The zero-order valence-corrected chi connectivity index (χ0v) is 17.8. The molecule has 16 heteroatoms. The molecule has 1 N–H and O–H groups in total. The number of thiophene rings is 1. The maximum atomic E-state index is 13.1. The Morgan fingerprint density at radius 1 is 0.969 bits per heavy atom. The zero-order valence-electron chi connectivity index (χ0n) is 15.4. The number of nitrogens with zero attached hydrogens (tertiary/aromatic N) is 1. The number of aliphatic hydroxyl groups is 1. The van der Waals surface area contributed by atoms with Crippen LogP contribution in [0, 0.1) is 6.92 Å². The van der Waals surface area contributed by atoms with Crippen molar-refractivity contribution < 1.29 is 53.0 Å². The number of halogens is 10. The van der Waals surface area contributed by atoms with Gasteiger partial charge in [-0.1, -0.05) is 23.7 Å². The van der Waals surface area contributed by atoms with Crippen LogP contribution in [0.1, 0.15) is 10.4 Å². The summed E-state index contributed by atoms with van der Waals surface area (Å²) in [5.74, 6) is 0. The van der Waals surface area contributed by atoms with E-state index < -0.39 is 56.8 Å². The fourth-order valence-electron chi connectivity index (χ4n) is 2.64. The van der Waals surface area contributed by atoms with Gasteiger partial charge in [-0.2, -0.15) is 39.5 Å². The van der Waals surface area contributed by atoms with Crippen molar-refractivity contribution in [2.45, 2.75) is 35.9 Å². The average molecular weight is 536 g/mol. The van der Waals surface area contributed by atoms with Crippen molar-refractivity contribution in [1.82, 2.24) is 0 Å². The third-order valence-electron chi connectivity index (χ3n) is 4.13. The summed E-state index contributed by atoms with van der Waals surface area (Å²) in [5, 5.41) is 9.37. The van der Waals surface area contributed by atoms with Gasteiger partial charge in [-0.15, -0.1) is 11.3 Å². The molecule has 0 aliphatic heterocycles. The van der Waals surface area contributed by atoms with E-state index in [-0.39, 0.29) is 25.7 Å². The lowest BCUT2D eigenvalue weighted by atomic mass is 9.92. The maximum absolute atomic E-state index is 13.1. The summed E-state index contributed by atoms with van der Waals surface area (Å²) in [4.78, 5) is -0.620. The Morgan fingerprint density at radius 2 is 1.44 bits per heavy atom. The standard InChI is InChI=1S/C16H11ClF9NO3S2/c1-8-11(6-12(17)31-8)32(29,30)27(7-13(18,19)20)10-4-2-9(3-5-10)14(28,15(21,22)23)16(24,25)26/h2-6,28H,7H2,1H3. The van der Waals surface area contributed by atoms with Crippen molar-refractivity contribution in [2.75, 3.05) is 10.8 Å². The lowest BCUT2D eigenvalue weighted by Gasteiger charge is -2.33. The van der Waals surface area contributed by atoms with Crippen molar-refractivity contribution in [3.05, 3.63) is 45.1 Å². The molecule has 4 nitrogen and oxygen atoms in total. The molecule has 180 valence electrons. The van der Waals surface area contributed by atoms with Gasteiger partial charge < -0.3 is 5.11 Å². The Morgan fingerprint density at radius 3 is 1.78 bits per heavy atom. The lowest BCUT2D eigenvalue weighted by molar-refractivity contribution is -0.376. The normalized spacial score (nSPS) is 14.0. The number of sulfonamides is 1. The number of rotatable bonds is 5. The zero-order chi connectivity index (χ0) is 24.9. The van der Waals surface area contributed by atoms with E-state index in [2.05, 4.69) is 0 Å². The molecular weight excluding hydrogens is 525 g/mol. The minimum absolute atomic E-state index is 0.00214. The minimum atomic E-state index is -6.23. The highest BCUT2D eigenvalue weighted by molar-refractivity contribution is 7.93. The SMILES string of the molecule is Cc1sc(Cl)cc1S(=O)(=O)N(CC(F)(F)F)c1ccc(C(O)(C(F)(F)F)C(F)(F)F)cc1. The molecule has 1 aromatic heterocycles. The monoisotopic (exact) mass is 535 g/mol. The second-order valence-corrected chi connectivity index (χ2v) is 10.1. The van der Waals surface area contributed by atoms with Crippen LogP contribution < -0.4 is 4.31 Å². The van der Waals surface area contributed by atoms with Gasteiger partial charge in [-0.05, 0) is 25.1 Å². The van der Waals surface area contributed by atoms with Gasteiger partial charge in [0.15, 0.2) is 0 Å². The smallest absolute Gasteiger partial charge is 0.369 e. The molecule has 32 heavy (non-hydrogen) atoms. The summed E-state index contributed by atoms with van der Waals surface area (Å²) in [6, 6.07) is 1.54. The highest BCUT2D eigenvalue weighted by atomic mass is 35.5. The van der Waals surface area contributed by atoms with E-state index in [0.29, 0.717) is 12.1 Å². The third kappa shape index (κ3) is 4.94. The molecule has 0 saturated carbocycles. The first-order valence-electron chi connectivity index (χ1n) is 8.03. The van der Waals surface area contributed by atoms with Crippen molar-refractivity contribution in [2.24, 2.45) is 0 Å². The first-order valence-corrected chi connectivity index (χ1v) is 10.7. The summed E-state index contributed by atoms with van der Waals surface area (Å²) in [6.45, 7) is -0.893. The van der Waals surface area contributed by atoms with Crippen LogP contribution in [0.3, 0.4) is 0 Å². The van der Waals surface area contributed by atoms with Crippen LogP contribution >= 0.6 is 22.9 Å². The molecule has 2 rings (SSSR count). The van der Waals surface area contributed by atoms with Gasteiger partial charge in [-0.3, -0.25) is 4.31 Å². The number of benzene rings is 1. The second-order valence-electron chi connectivity index (χ2n) is 6.35.